The van der Waals surface area contributed by atoms with E-state index in [2.05, 4.69) is 12.2 Å². The first kappa shape index (κ1) is 13.7. The molecule has 1 rings (SSSR count). The summed E-state index contributed by atoms with van der Waals surface area (Å²) in [6, 6.07) is 0. The lowest BCUT2D eigenvalue weighted by Gasteiger charge is -2.33. The van der Waals surface area contributed by atoms with Crippen molar-refractivity contribution in [1.29, 1.82) is 0 Å². The Kier molecular flexibility index (Phi) is 4.52. The molecule has 1 fully saturated rings. The van der Waals surface area contributed by atoms with Crippen LogP contribution in [-0.2, 0) is 4.74 Å². The summed E-state index contributed by atoms with van der Waals surface area (Å²) in [5, 5.41) is 0. The van der Waals surface area contributed by atoms with Crippen LogP contribution in [0.2, 0.25) is 0 Å². The molecule has 2 unspecified atom stereocenters. The van der Waals surface area contributed by atoms with Crippen LogP contribution in [0.3, 0.4) is 0 Å². The number of alkyl halides is 3. The van der Waals surface area contributed by atoms with E-state index in [0.717, 1.165) is 0 Å². The highest BCUT2D eigenvalue weighted by Gasteiger charge is 2.42. The lowest BCUT2D eigenvalue weighted by molar-refractivity contribution is -0.162. The number of ether oxygens (including phenoxy) is 1. The van der Waals surface area contributed by atoms with E-state index in [9.17, 15) is 13.2 Å². The first-order valence-corrected chi connectivity index (χ1v) is 5.41. The Labute approximate surface area is 97.7 Å². The van der Waals surface area contributed by atoms with Crippen molar-refractivity contribution in [2.75, 3.05) is 26.2 Å². The van der Waals surface area contributed by atoms with Crippen molar-refractivity contribution in [2.45, 2.75) is 19.2 Å². The molecule has 0 aliphatic carbocycles. The van der Waals surface area contributed by atoms with Crippen LogP contribution in [0.1, 0.15) is 6.92 Å². The third-order valence-electron chi connectivity index (χ3n) is 2.50. The van der Waals surface area contributed by atoms with Crippen LogP contribution in [0.15, 0.2) is 0 Å². The fourth-order valence-corrected chi connectivity index (χ4v) is 1.88. The molecule has 0 aromatic rings. The molecule has 0 radical (unpaired) electrons. The molecule has 7 heteroatoms. The van der Waals surface area contributed by atoms with Crippen molar-refractivity contribution in [1.82, 2.24) is 4.90 Å². The zero-order valence-corrected chi connectivity index (χ0v) is 9.77. The Balaban J connectivity index is 2.58. The molecule has 1 heterocycles. The Hall–Kier alpha value is -0.400. The van der Waals surface area contributed by atoms with Gasteiger partial charge in [0.15, 0.2) is 0 Å². The van der Waals surface area contributed by atoms with Crippen LogP contribution >= 0.6 is 12.2 Å². The van der Waals surface area contributed by atoms with E-state index in [1.165, 1.54) is 0 Å². The first-order valence-electron chi connectivity index (χ1n) is 5.00. The predicted molar refractivity (Wildman–Crippen MR) is 58.2 cm³/mol. The monoisotopic (exact) mass is 256 g/mol. The van der Waals surface area contributed by atoms with Gasteiger partial charge in [-0.3, -0.25) is 4.90 Å². The van der Waals surface area contributed by atoms with Crippen LogP contribution in [0, 0.1) is 5.92 Å². The van der Waals surface area contributed by atoms with Gasteiger partial charge in [0, 0.05) is 19.6 Å². The first-order chi connectivity index (χ1) is 7.30. The minimum Gasteiger partial charge on any atom is -0.393 e. The minimum atomic E-state index is -4.37. The highest BCUT2D eigenvalue weighted by atomic mass is 32.1. The molecule has 0 amide bonds. The van der Waals surface area contributed by atoms with Crippen molar-refractivity contribution in [3.8, 4) is 0 Å². The van der Waals surface area contributed by atoms with Crippen molar-refractivity contribution in [3.63, 3.8) is 0 Å². The third kappa shape index (κ3) is 3.88. The number of hydrogen-bond acceptors (Lipinski definition) is 3. The van der Waals surface area contributed by atoms with Gasteiger partial charge in [0.05, 0.1) is 17.7 Å². The number of nitrogens with zero attached hydrogens (tertiary/aromatic N) is 1. The van der Waals surface area contributed by atoms with E-state index in [4.69, 9.17) is 10.5 Å². The molecule has 0 aromatic carbocycles. The number of thiocarbonyl (C=S) groups is 1. The quantitative estimate of drug-likeness (QED) is 0.769. The van der Waals surface area contributed by atoms with Gasteiger partial charge in [0.25, 0.3) is 0 Å². The summed E-state index contributed by atoms with van der Waals surface area (Å²) < 4.78 is 43.0. The molecule has 94 valence electrons. The number of hydrogen-bond donors (Lipinski definition) is 1. The maximum Gasteiger partial charge on any atom is 0.399 e. The molecule has 0 bridgehead atoms. The van der Waals surface area contributed by atoms with Gasteiger partial charge in [-0.15, -0.1) is 0 Å². The summed E-state index contributed by atoms with van der Waals surface area (Å²) in [6.07, 6.45) is -4.41. The van der Waals surface area contributed by atoms with E-state index in [0.29, 0.717) is 19.7 Å². The molecule has 1 aliphatic rings. The number of nitrogens with two attached hydrogens (primary N) is 1. The maximum atomic E-state index is 12.6. The molecule has 0 aromatic heterocycles. The fraction of sp³-hybridized carbons (Fsp3) is 0.889. The van der Waals surface area contributed by atoms with Crippen LogP contribution in [0.5, 0.6) is 0 Å². The van der Waals surface area contributed by atoms with Crippen LogP contribution in [-0.4, -0.2) is 48.4 Å². The summed E-state index contributed by atoms with van der Waals surface area (Å²) in [5.41, 5.74) is 5.13. The van der Waals surface area contributed by atoms with Crippen molar-refractivity contribution in [3.05, 3.63) is 0 Å². The topological polar surface area (TPSA) is 38.5 Å². The average molecular weight is 256 g/mol. The van der Waals surface area contributed by atoms with Gasteiger partial charge < -0.3 is 10.5 Å². The van der Waals surface area contributed by atoms with Crippen molar-refractivity contribution < 1.29 is 17.9 Å². The molecular weight excluding hydrogens is 241 g/mol. The number of rotatable bonds is 3. The lowest BCUT2D eigenvalue weighted by atomic mass is 10.1. The van der Waals surface area contributed by atoms with Crippen LogP contribution < -0.4 is 5.73 Å². The zero-order chi connectivity index (χ0) is 12.3. The van der Waals surface area contributed by atoms with E-state index < -0.39 is 17.1 Å². The number of morpholine rings is 1. The Morgan fingerprint density at radius 3 is 2.69 bits per heavy atom. The fourth-order valence-electron chi connectivity index (χ4n) is 1.67. The second kappa shape index (κ2) is 5.29. The summed E-state index contributed by atoms with van der Waals surface area (Å²) in [7, 11) is 0. The Morgan fingerprint density at radius 2 is 2.25 bits per heavy atom. The van der Waals surface area contributed by atoms with Gasteiger partial charge >= 0.3 is 6.18 Å². The smallest absolute Gasteiger partial charge is 0.393 e. The van der Waals surface area contributed by atoms with Crippen LogP contribution in [0.4, 0.5) is 13.2 Å². The maximum absolute atomic E-state index is 12.6. The molecule has 1 aliphatic heterocycles. The SMILES string of the molecule is CC1CN(CC(C(N)=S)C(F)(F)F)CCO1. The summed E-state index contributed by atoms with van der Waals surface area (Å²) in [4.78, 5) is 1.19. The van der Waals surface area contributed by atoms with Gasteiger partial charge in [-0.1, -0.05) is 12.2 Å². The predicted octanol–water partition coefficient (Wildman–Crippen LogP) is 1.17. The van der Waals surface area contributed by atoms with Crippen molar-refractivity contribution in [2.24, 2.45) is 11.7 Å². The van der Waals surface area contributed by atoms with Gasteiger partial charge in [0.2, 0.25) is 0 Å². The molecule has 16 heavy (non-hydrogen) atoms. The molecular formula is C9H15F3N2OS. The van der Waals surface area contributed by atoms with Gasteiger partial charge in [0.1, 0.15) is 5.92 Å². The molecule has 1 saturated heterocycles. The zero-order valence-electron chi connectivity index (χ0n) is 8.96. The number of halogens is 3. The molecule has 0 spiro atoms. The highest BCUT2D eigenvalue weighted by molar-refractivity contribution is 7.80. The van der Waals surface area contributed by atoms with E-state index in [1.54, 1.807) is 4.90 Å². The molecule has 2 atom stereocenters. The lowest BCUT2D eigenvalue weighted by Crippen LogP contribution is -2.48. The average Bonchev–Trinajstić information content (AvgIpc) is 2.12. The Morgan fingerprint density at radius 1 is 1.62 bits per heavy atom. The molecule has 0 saturated carbocycles. The third-order valence-corrected chi connectivity index (χ3v) is 2.79. The van der Waals surface area contributed by atoms with Gasteiger partial charge in [-0.2, -0.15) is 13.2 Å². The largest absolute Gasteiger partial charge is 0.399 e. The minimum absolute atomic E-state index is 0.0472. The van der Waals surface area contributed by atoms with Gasteiger partial charge in [-0.25, -0.2) is 0 Å². The molecule has 2 N–H and O–H groups in total. The summed E-state index contributed by atoms with van der Waals surface area (Å²) in [6.45, 7) is 3.07. The van der Waals surface area contributed by atoms with Crippen molar-refractivity contribution >= 4 is 17.2 Å². The second-order valence-electron chi connectivity index (χ2n) is 3.94. The van der Waals surface area contributed by atoms with Gasteiger partial charge in [-0.05, 0) is 6.92 Å². The highest BCUT2D eigenvalue weighted by Crippen LogP contribution is 2.27. The Bertz CT molecular complexity index is 260. The van der Waals surface area contributed by atoms with Crippen LogP contribution in [0.25, 0.3) is 0 Å². The summed E-state index contributed by atoms with van der Waals surface area (Å²) in [5.74, 6) is -1.73. The normalized spacial score (nSPS) is 25.4. The van der Waals surface area contributed by atoms with E-state index in [1.807, 2.05) is 6.92 Å². The summed E-state index contributed by atoms with van der Waals surface area (Å²) >= 11 is 4.46. The van der Waals surface area contributed by atoms with E-state index in [-0.39, 0.29) is 12.6 Å². The van der Waals surface area contributed by atoms with E-state index >= 15 is 0 Å². The second-order valence-corrected chi connectivity index (χ2v) is 4.41. The molecule has 3 nitrogen and oxygen atoms in total. The standard InChI is InChI=1S/C9H15F3N2OS/c1-6-4-14(2-3-15-6)5-7(8(13)16)9(10,11)12/h6-7H,2-5H2,1H3,(H2,13,16).